The lowest BCUT2D eigenvalue weighted by Gasteiger charge is -2.14. The summed E-state index contributed by atoms with van der Waals surface area (Å²) in [5.74, 6) is 0. The van der Waals surface area contributed by atoms with Crippen LogP contribution in [0.3, 0.4) is 0 Å². The van der Waals surface area contributed by atoms with Crippen molar-refractivity contribution in [2.75, 3.05) is 0 Å². The Morgan fingerprint density at radius 3 is 2.21 bits per heavy atom. The molecule has 0 bridgehead atoms. The van der Waals surface area contributed by atoms with Crippen LogP contribution >= 0.6 is 58.0 Å². The summed E-state index contributed by atoms with van der Waals surface area (Å²) in [4.78, 5) is 0. The van der Waals surface area contributed by atoms with E-state index < -0.39 is 3.79 Å². The lowest BCUT2D eigenvalue weighted by molar-refractivity contribution is 1.02. The highest BCUT2D eigenvalue weighted by atomic mass is 35.6. The number of hydrogen-bond donors (Lipinski definition) is 0. The SMILES string of the molecule is Cc1ccc(Cl)c(CC(Cl)(Cl)Cl)c1Cl. The molecule has 0 fully saturated rings. The minimum Gasteiger partial charge on any atom is -0.0840 e. The van der Waals surface area contributed by atoms with E-state index in [4.69, 9.17) is 58.0 Å². The Kier molecular flexibility index (Phi) is 4.25. The number of benzene rings is 1. The monoisotopic (exact) mass is 290 g/mol. The van der Waals surface area contributed by atoms with Crippen molar-refractivity contribution in [3.05, 3.63) is 33.3 Å². The second kappa shape index (κ2) is 4.67. The molecule has 0 saturated heterocycles. The van der Waals surface area contributed by atoms with E-state index in [2.05, 4.69) is 0 Å². The van der Waals surface area contributed by atoms with Crippen LogP contribution in [0, 0.1) is 6.92 Å². The van der Waals surface area contributed by atoms with Gasteiger partial charge in [0.1, 0.15) is 0 Å². The topological polar surface area (TPSA) is 0 Å². The Morgan fingerprint density at radius 2 is 1.71 bits per heavy atom. The molecule has 0 aliphatic carbocycles. The summed E-state index contributed by atoms with van der Waals surface area (Å²) in [5.41, 5.74) is 1.59. The first-order valence-electron chi connectivity index (χ1n) is 3.81. The zero-order chi connectivity index (χ0) is 10.9. The minimum atomic E-state index is -1.37. The van der Waals surface area contributed by atoms with Gasteiger partial charge in [0, 0.05) is 16.5 Å². The molecule has 78 valence electrons. The van der Waals surface area contributed by atoms with Crippen molar-refractivity contribution in [1.29, 1.82) is 0 Å². The molecule has 5 heteroatoms. The van der Waals surface area contributed by atoms with E-state index in [0.717, 1.165) is 5.56 Å². The molecule has 0 aliphatic heterocycles. The zero-order valence-electron chi connectivity index (χ0n) is 7.25. The van der Waals surface area contributed by atoms with E-state index in [0.29, 0.717) is 15.6 Å². The van der Waals surface area contributed by atoms with Crippen molar-refractivity contribution in [2.45, 2.75) is 17.1 Å². The maximum atomic E-state index is 6.04. The normalized spacial score (nSPS) is 11.9. The summed E-state index contributed by atoms with van der Waals surface area (Å²) >= 11 is 29.0. The molecule has 0 spiro atoms. The van der Waals surface area contributed by atoms with Crippen molar-refractivity contribution in [2.24, 2.45) is 0 Å². The van der Waals surface area contributed by atoms with Crippen molar-refractivity contribution < 1.29 is 0 Å². The number of rotatable bonds is 1. The second-order valence-corrected chi connectivity index (χ2v) is 6.25. The molecule has 0 unspecified atom stereocenters. The van der Waals surface area contributed by atoms with Crippen molar-refractivity contribution in [3.63, 3.8) is 0 Å². The average Bonchev–Trinajstić information content (AvgIpc) is 2.04. The molecule has 1 rings (SSSR count). The van der Waals surface area contributed by atoms with Gasteiger partial charge in [0.15, 0.2) is 3.79 Å². The van der Waals surface area contributed by atoms with Crippen LogP contribution in [0.2, 0.25) is 10.0 Å². The van der Waals surface area contributed by atoms with E-state index in [1.165, 1.54) is 0 Å². The first-order valence-corrected chi connectivity index (χ1v) is 5.70. The van der Waals surface area contributed by atoms with Crippen LogP contribution in [0.15, 0.2) is 12.1 Å². The zero-order valence-corrected chi connectivity index (χ0v) is 11.0. The smallest absolute Gasteiger partial charge is 0.0840 e. The maximum absolute atomic E-state index is 6.04. The standard InChI is InChI=1S/C9H7Cl5/c1-5-2-3-7(10)6(8(5)11)4-9(12,13)14/h2-3H,4H2,1H3. The molecule has 1 aromatic carbocycles. The van der Waals surface area contributed by atoms with Gasteiger partial charge in [-0.15, -0.1) is 0 Å². The molecular weight excluding hydrogens is 285 g/mol. The third-order valence-electron chi connectivity index (χ3n) is 1.76. The molecule has 0 aromatic heterocycles. The molecule has 0 aliphatic rings. The third-order valence-corrected chi connectivity index (χ3v) is 3.04. The number of hydrogen-bond acceptors (Lipinski definition) is 0. The summed E-state index contributed by atoms with van der Waals surface area (Å²) in [6, 6.07) is 3.57. The van der Waals surface area contributed by atoms with Crippen LogP contribution in [0.25, 0.3) is 0 Å². The van der Waals surface area contributed by atoms with E-state index in [-0.39, 0.29) is 6.42 Å². The van der Waals surface area contributed by atoms with Crippen LogP contribution < -0.4 is 0 Å². The highest BCUT2D eigenvalue weighted by Gasteiger charge is 2.23. The summed E-state index contributed by atoms with van der Waals surface area (Å²) in [6.45, 7) is 1.88. The van der Waals surface area contributed by atoms with Crippen LogP contribution in [0.1, 0.15) is 11.1 Å². The van der Waals surface area contributed by atoms with Crippen molar-refractivity contribution in [3.8, 4) is 0 Å². The Bertz CT molecular complexity index is 340. The Labute approximate surface area is 108 Å². The summed E-state index contributed by atoms with van der Waals surface area (Å²) in [5, 5.41) is 1.08. The minimum absolute atomic E-state index is 0.205. The van der Waals surface area contributed by atoms with E-state index >= 15 is 0 Å². The molecular formula is C9H7Cl5. The first kappa shape index (κ1) is 12.7. The molecule has 0 heterocycles. The van der Waals surface area contributed by atoms with E-state index in [9.17, 15) is 0 Å². The fourth-order valence-corrected chi connectivity index (χ4v) is 1.98. The number of aryl methyl sites for hydroxylation is 1. The predicted molar refractivity (Wildman–Crippen MR) is 65.2 cm³/mol. The molecule has 1 aromatic rings. The Hall–Kier alpha value is 0.670. The molecule has 0 saturated carbocycles. The van der Waals surface area contributed by atoms with E-state index in [1.54, 1.807) is 6.07 Å². The van der Waals surface area contributed by atoms with Gasteiger partial charge in [-0.3, -0.25) is 0 Å². The predicted octanol–water partition coefficient (Wildman–Crippen LogP) is 5.21. The number of alkyl halides is 3. The van der Waals surface area contributed by atoms with Gasteiger partial charge in [0.25, 0.3) is 0 Å². The molecule has 0 atom stereocenters. The third kappa shape index (κ3) is 3.36. The van der Waals surface area contributed by atoms with E-state index in [1.807, 2.05) is 13.0 Å². The quantitative estimate of drug-likeness (QED) is 0.623. The molecule has 14 heavy (non-hydrogen) atoms. The highest BCUT2D eigenvalue weighted by molar-refractivity contribution is 6.67. The fourth-order valence-electron chi connectivity index (χ4n) is 1.08. The van der Waals surface area contributed by atoms with Gasteiger partial charge in [-0.25, -0.2) is 0 Å². The highest BCUT2D eigenvalue weighted by Crippen LogP contribution is 2.37. The summed E-state index contributed by atoms with van der Waals surface area (Å²) < 4.78 is -1.37. The van der Waals surface area contributed by atoms with Gasteiger partial charge in [-0.1, -0.05) is 64.1 Å². The molecule has 0 radical (unpaired) electrons. The van der Waals surface area contributed by atoms with Crippen molar-refractivity contribution >= 4 is 58.0 Å². The maximum Gasteiger partial charge on any atom is 0.194 e. The van der Waals surface area contributed by atoms with Gasteiger partial charge in [0.2, 0.25) is 0 Å². The average molecular weight is 292 g/mol. The summed E-state index contributed by atoms with van der Waals surface area (Å²) in [6.07, 6.45) is 0.205. The molecule has 0 N–H and O–H groups in total. The van der Waals surface area contributed by atoms with Gasteiger partial charge in [0.05, 0.1) is 0 Å². The van der Waals surface area contributed by atoms with Gasteiger partial charge < -0.3 is 0 Å². The second-order valence-electron chi connectivity index (χ2n) is 2.95. The molecule has 0 amide bonds. The van der Waals surface area contributed by atoms with Crippen LogP contribution in [-0.4, -0.2) is 3.79 Å². The lowest BCUT2D eigenvalue weighted by atomic mass is 10.1. The number of halogens is 5. The van der Waals surface area contributed by atoms with Crippen molar-refractivity contribution in [1.82, 2.24) is 0 Å². The first-order chi connectivity index (χ1) is 6.31. The van der Waals surface area contributed by atoms with Gasteiger partial charge in [-0.05, 0) is 24.1 Å². The van der Waals surface area contributed by atoms with Gasteiger partial charge >= 0.3 is 0 Å². The largest absolute Gasteiger partial charge is 0.194 e. The Morgan fingerprint density at radius 1 is 1.14 bits per heavy atom. The Balaban J connectivity index is 3.13. The lowest BCUT2D eigenvalue weighted by Crippen LogP contribution is -2.08. The van der Waals surface area contributed by atoms with Crippen LogP contribution in [0.5, 0.6) is 0 Å². The van der Waals surface area contributed by atoms with Crippen LogP contribution in [0.4, 0.5) is 0 Å². The van der Waals surface area contributed by atoms with Crippen LogP contribution in [-0.2, 0) is 6.42 Å². The summed E-state index contributed by atoms with van der Waals surface area (Å²) in [7, 11) is 0. The molecule has 0 nitrogen and oxygen atoms in total. The fraction of sp³-hybridized carbons (Fsp3) is 0.333. The van der Waals surface area contributed by atoms with Gasteiger partial charge in [-0.2, -0.15) is 0 Å².